The number of hydrogen-bond acceptors (Lipinski definition) is 4. The molecule has 3 atom stereocenters. The van der Waals surface area contributed by atoms with E-state index in [0.717, 1.165) is 12.8 Å². The Balaban J connectivity index is 1.93. The van der Waals surface area contributed by atoms with E-state index in [9.17, 15) is 9.90 Å². The summed E-state index contributed by atoms with van der Waals surface area (Å²) in [6.07, 6.45) is 5.00. The SMILES string of the molecule is CCC(C)(CO)C(=O)OC1CC2CCC(C1)N2C. The molecule has 0 spiro atoms. The van der Waals surface area contributed by atoms with Crippen molar-refractivity contribution in [3.8, 4) is 0 Å². The van der Waals surface area contributed by atoms with Gasteiger partial charge in [-0.15, -0.1) is 0 Å². The Labute approximate surface area is 109 Å². The van der Waals surface area contributed by atoms with Crippen molar-refractivity contribution in [2.75, 3.05) is 13.7 Å². The van der Waals surface area contributed by atoms with Crippen molar-refractivity contribution in [2.45, 2.75) is 64.1 Å². The Hall–Kier alpha value is -0.610. The lowest BCUT2D eigenvalue weighted by Crippen LogP contribution is -2.45. The van der Waals surface area contributed by atoms with Gasteiger partial charge in [-0.3, -0.25) is 4.79 Å². The lowest BCUT2D eigenvalue weighted by atomic mass is 9.88. The van der Waals surface area contributed by atoms with Crippen molar-refractivity contribution < 1.29 is 14.6 Å². The number of piperidine rings is 1. The number of rotatable bonds is 4. The Morgan fingerprint density at radius 3 is 2.39 bits per heavy atom. The first-order chi connectivity index (χ1) is 8.50. The molecule has 0 saturated carbocycles. The van der Waals surface area contributed by atoms with Crippen LogP contribution in [-0.4, -0.2) is 47.8 Å². The van der Waals surface area contributed by atoms with Gasteiger partial charge in [0.1, 0.15) is 6.10 Å². The van der Waals surface area contributed by atoms with Gasteiger partial charge < -0.3 is 14.7 Å². The molecule has 0 amide bonds. The first-order valence-electron chi connectivity index (χ1n) is 7.04. The van der Waals surface area contributed by atoms with Gasteiger partial charge in [-0.2, -0.15) is 0 Å². The van der Waals surface area contributed by atoms with E-state index in [2.05, 4.69) is 11.9 Å². The van der Waals surface area contributed by atoms with E-state index < -0.39 is 5.41 Å². The van der Waals surface area contributed by atoms with Gasteiger partial charge in [-0.25, -0.2) is 0 Å². The molecule has 0 aromatic rings. The van der Waals surface area contributed by atoms with Crippen molar-refractivity contribution in [2.24, 2.45) is 5.41 Å². The minimum Gasteiger partial charge on any atom is -0.462 e. The Morgan fingerprint density at radius 2 is 1.94 bits per heavy atom. The van der Waals surface area contributed by atoms with Gasteiger partial charge in [0.15, 0.2) is 0 Å². The summed E-state index contributed by atoms with van der Waals surface area (Å²) in [5, 5.41) is 9.33. The predicted octanol–water partition coefficient (Wildman–Crippen LogP) is 1.56. The summed E-state index contributed by atoms with van der Waals surface area (Å²) in [6.45, 7) is 3.55. The molecular weight excluding hydrogens is 230 g/mol. The number of nitrogens with zero attached hydrogens (tertiary/aromatic N) is 1. The smallest absolute Gasteiger partial charge is 0.314 e. The monoisotopic (exact) mass is 255 g/mol. The second kappa shape index (κ2) is 5.17. The number of hydrogen-bond donors (Lipinski definition) is 1. The van der Waals surface area contributed by atoms with Crippen molar-refractivity contribution >= 4 is 5.97 Å². The maximum atomic E-state index is 12.1. The summed E-state index contributed by atoms with van der Waals surface area (Å²) < 4.78 is 5.64. The summed E-state index contributed by atoms with van der Waals surface area (Å²) in [4.78, 5) is 14.5. The number of ether oxygens (including phenoxy) is 1. The van der Waals surface area contributed by atoms with Crippen LogP contribution in [0.2, 0.25) is 0 Å². The van der Waals surface area contributed by atoms with Crippen molar-refractivity contribution in [1.29, 1.82) is 0 Å². The number of aliphatic hydroxyl groups excluding tert-OH is 1. The molecule has 2 saturated heterocycles. The normalized spacial score (nSPS) is 35.2. The highest BCUT2D eigenvalue weighted by Crippen LogP contribution is 2.36. The van der Waals surface area contributed by atoms with Crippen LogP contribution in [0.15, 0.2) is 0 Å². The molecule has 2 aliphatic rings. The molecule has 2 heterocycles. The molecule has 3 unspecified atom stereocenters. The molecule has 1 N–H and O–H groups in total. The Kier molecular flexibility index (Phi) is 3.97. The fourth-order valence-corrected chi connectivity index (χ4v) is 3.07. The third-order valence-electron chi connectivity index (χ3n) is 4.95. The van der Waals surface area contributed by atoms with Crippen LogP contribution in [0.1, 0.15) is 46.0 Å². The molecule has 18 heavy (non-hydrogen) atoms. The fourth-order valence-electron chi connectivity index (χ4n) is 3.07. The molecule has 4 heteroatoms. The van der Waals surface area contributed by atoms with E-state index in [0.29, 0.717) is 18.5 Å². The van der Waals surface area contributed by atoms with Gasteiger partial charge in [0, 0.05) is 12.1 Å². The zero-order valence-electron chi connectivity index (χ0n) is 11.7. The molecule has 104 valence electrons. The van der Waals surface area contributed by atoms with Gasteiger partial charge in [0.2, 0.25) is 0 Å². The fraction of sp³-hybridized carbons (Fsp3) is 0.929. The molecule has 0 aliphatic carbocycles. The van der Waals surface area contributed by atoms with Gasteiger partial charge >= 0.3 is 5.97 Å². The average molecular weight is 255 g/mol. The molecule has 2 rings (SSSR count). The molecule has 2 bridgehead atoms. The van der Waals surface area contributed by atoms with Crippen LogP contribution in [0, 0.1) is 5.41 Å². The van der Waals surface area contributed by atoms with Crippen molar-refractivity contribution in [3.63, 3.8) is 0 Å². The number of aliphatic hydroxyl groups is 1. The van der Waals surface area contributed by atoms with Crippen molar-refractivity contribution in [1.82, 2.24) is 4.90 Å². The third-order valence-corrected chi connectivity index (χ3v) is 4.95. The lowest BCUT2D eigenvalue weighted by molar-refractivity contribution is -0.166. The van der Waals surface area contributed by atoms with Gasteiger partial charge in [-0.1, -0.05) is 6.92 Å². The topological polar surface area (TPSA) is 49.8 Å². The highest BCUT2D eigenvalue weighted by Gasteiger charge is 2.42. The van der Waals surface area contributed by atoms with Crippen LogP contribution in [0.5, 0.6) is 0 Å². The molecular formula is C14H25NO3. The zero-order valence-corrected chi connectivity index (χ0v) is 11.7. The summed E-state index contributed by atoms with van der Waals surface area (Å²) in [5.41, 5.74) is -0.734. The second-order valence-corrected chi connectivity index (χ2v) is 6.12. The maximum Gasteiger partial charge on any atom is 0.314 e. The summed E-state index contributed by atoms with van der Waals surface area (Å²) in [5.74, 6) is -0.235. The van der Waals surface area contributed by atoms with E-state index in [-0.39, 0.29) is 18.7 Å². The van der Waals surface area contributed by atoms with E-state index in [4.69, 9.17) is 4.74 Å². The standard InChI is InChI=1S/C14H25NO3/c1-4-14(2,9-16)13(17)18-12-7-10-5-6-11(8-12)15(10)3/h10-12,16H,4-9H2,1-3H3. The third kappa shape index (κ3) is 2.41. The minimum atomic E-state index is -0.734. The second-order valence-electron chi connectivity index (χ2n) is 6.12. The first kappa shape index (κ1) is 13.8. The molecule has 0 aromatic carbocycles. The maximum absolute atomic E-state index is 12.1. The Morgan fingerprint density at radius 1 is 1.39 bits per heavy atom. The van der Waals surface area contributed by atoms with E-state index in [1.165, 1.54) is 12.8 Å². The first-order valence-corrected chi connectivity index (χ1v) is 7.04. The Bertz CT molecular complexity index is 300. The van der Waals surface area contributed by atoms with E-state index in [1.807, 2.05) is 6.92 Å². The molecule has 0 aromatic heterocycles. The van der Waals surface area contributed by atoms with Crippen LogP contribution in [0.25, 0.3) is 0 Å². The number of carbonyl (C=O) groups is 1. The molecule has 2 aliphatic heterocycles. The largest absolute Gasteiger partial charge is 0.462 e. The summed E-state index contributed by atoms with van der Waals surface area (Å²) in [7, 11) is 2.17. The zero-order chi connectivity index (χ0) is 13.3. The van der Waals surface area contributed by atoms with E-state index >= 15 is 0 Å². The van der Waals surface area contributed by atoms with Gasteiger partial charge in [0.25, 0.3) is 0 Å². The van der Waals surface area contributed by atoms with Crippen LogP contribution in [-0.2, 0) is 9.53 Å². The number of carbonyl (C=O) groups excluding carboxylic acids is 1. The average Bonchev–Trinajstić information content (AvgIpc) is 2.60. The molecule has 2 fully saturated rings. The van der Waals surface area contributed by atoms with Crippen LogP contribution < -0.4 is 0 Å². The molecule has 0 radical (unpaired) electrons. The van der Waals surface area contributed by atoms with Gasteiger partial charge in [0.05, 0.1) is 12.0 Å². The van der Waals surface area contributed by atoms with Crippen LogP contribution in [0.3, 0.4) is 0 Å². The predicted molar refractivity (Wildman–Crippen MR) is 69.2 cm³/mol. The van der Waals surface area contributed by atoms with Gasteiger partial charge in [-0.05, 0) is 46.1 Å². The lowest BCUT2D eigenvalue weighted by Gasteiger charge is -2.37. The number of fused-ring (bicyclic) bond motifs is 2. The van der Waals surface area contributed by atoms with E-state index in [1.54, 1.807) is 6.92 Å². The molecule has 4 nitrogen and oxygen atoms in total. The highest BCUT2D eigenvalue weighted by molar-refractivity contribution is 5.76. The van der Waals surface area contributed by atoms with Crippen LogP contribution in [0.4, 0.5) is 0 Å². The van der Waals surface area contributed by atoms with Crippen LogP contribution >= 0.6 is 0 Å². The quantitative estimate of drug-likeness (QED) is 0.775. The van der Waals surface area contributed by atoms with Crippen molar-refractivity contribution in [3.05, 3.63) is 0 Å². The highest BCUT2D eigenvalue weighted by atomic mass is 16.5. The minimum absolute atomic E-state index is 0.0450. The summed E-state index contributed by atoms with van der Waals surface area (Å²) >= 11 is 0. The number of esters is 1. The summed E-state index contributed by atoms with van der Waals surface area (Å²) in [6, 6.07) is 1.15.